The number of benzene rings is 1. The fourth-order valence-corrected chi connectivity index (χ4v) is 2.79. The molecule has 1 aromatic heterocycles. The molecule has 1 aliphatic rings. The van der Waals surface area contributed by atoms with E-state index < -0.39 is 0 Å². The molecule has 0 saturated heterocycles. The van der Waals surface area contributed by atoms with Crippen LogP contribution >= 0.6 is 0 Å². The van der Waals surface area contributed by atoms with Crippen molar-refractivity contribution in [3.8, 4) is 0 Å². The van der Waals surface area contributed by atoms with E-state index in [2.05, 4.69) is 47.0 Å². The lowest BCUT2D eigenvalue weighted by Crippen LogP contribution is -2.17. The van der Waals surface area contributed by atoms with Crippen molar-refractivity contribution in [2.45, 2.75) is 32.6 Å². The molecule has 18 heavy (non-hydrogen) atoms. The summed E-state index contributed by atoms with van der Waals surface area (Å²) in [5.74, 6) is 0.999. The standard InChI is InChI=1S/C15H21N3/c1-3-8-15(9-10-15)11-16-14-17-12-6-4-5-7-13(12)18(14)2/h4-7H,3,8-11H2,1-2H3,(H,16,17). The Hall–Kier alpha value is -1.51. The number of rotatable bonds is 5. The van der Waals surface area contributed by atoms with Crippen molar-refractivity contribution in [2.75, 3.05) is 11.9 Å². The van der Waals surface area contributed by atoms with Crippen LogP contribution in [0.25, 0.3) is 11.0 Å². The number of hydrogen-bond donors (Lipinski definition) is 1. The quantitative estimate of drug-likeness (QED) is 0.870. The number of aryl methyl sites for hydroxylation is 1. The highest BCUT2D eigenvalue weighted by Crippen LogP contribution is 2.49. The average molecular weight is 243 g/mol. The maximum atomic E-state index is 4.66. The summed E-state index contributed by atoms with van der Waals surface area (Å²) in [6.45, 7) is 3.34. The van der Waals surface area contributed by atoms with Crippen molar-refractivity contribution >= 4 is 17.0 Å². The maximum Gasteiger partial charge on any atom is 0.203 e. The second-order valence-corrected chi connectivity index (χ2v) is 5.59. The Morgan fingerprint density at radius 2 is 2.11 bits per heavy atom. The van der Waals surface area contributed by atoms with E-state index in [4.69, 9.17) is 0 Å². The number of hydrogen-bond acceptors (Lipinski definition) is 2. The minimum Gasteiger partial charge on any atom is -0.355 e. The summed E-state index contributed by atoms with van der Waals surface area (Å²) in [5.41, 5.74) is 2.83. The Morgan fingerprint density at radius 1 is 1.33 bits per heavy atom. The van der Waals surface area contributed by atoms with Crippen molar-refractivity contribution in [1.29, 1.82) is 0 Å². The molecule has 1 fully saturated rings. The first-order chi connectivity index (χ1) is 8.74. The zero-order valence-corrected chi connectivity index (χ0v) is 11.2. The Labute approximate surface area is 108 Å². The second-order valence-electron chi connectivity index (χ2n) is 5.59. The fraction of sp³-hybridized carbons (Fsp3) is 0.533. The van der Waals surface area contributed by atoms with Gasteiger partial charge in [0.05, 0.1) is 11.0 Å². The summed E-state index contributed by atoms with van der Waals surface area (Å²) in [5, 5.41) is 3.54. The van der Waals surface area contributed by atoms with Crippen LogP contribution < -0.4 is 5.32 Å². The molecule has 1 N–H and O–H groups in total. The molecular formula is C15H21N3. The SMILES string of the molecule is CCCC1(CNc2nc3ccccc3n2C)CC1. The molecule has 0 spiro atoms. The minimum absolute atomic E-state index is 0.562. The predicted octanol–water partition coefficient (Wildman–Crippen LogP) is 3.57. The summed E-state index contributed by atoms with van der Waals surface area (Å²) in [6, 6.07) is 8.29. The van der Waals surface area contributed by atoms with Crippen LogP contribution in [0.15, 0.2) is 24.3 Å². The van der Waals surface area contributed by atoms with Gasteiger partial charge in [-0.1, -0.05) is 25.5 Å². The highest BCUT2D eigenvalue weighted by Gasteiger charge is 2.41. The van der Waals surface area contributed by atoms with Gasteiger partial charge in [-0.3, -0.25) is 0 Å². The van der Waals surface area contributed by atoms with E-state index in [9.17, 15) is 0 Å². The fourth-order valence-electron chi connectivity index (χ4n) is 2.79. The highest BCUT2D eigenvalue weighted by atomic mass is 15.2. The predicted molar refractivity (Wildman–Crippen MR) is 75.8 cm³/mol. The first kappa shape index (κ1) is 11.6. The Bertz CT molecular complexity index is 552. The van der Waals surface area contributed by atoms with Crippen molar-refractivity contribution in [3.05, 3.63) is 24.3 Å². The van der Waals surface area contributed by atoms with Gasteiger partial charge in [-0.15, -0.1) is 0 Å². The lowest BCUT2D eigenvalue weighted by molar-refractivity contribution is 0.484. The topological polar surface area (TPSA) is 29.9 Å². The highest BCUT2D eigenvalue weighted by molar-refractivity contribution is 5.78. The van der Waals surface area contributed by atoms with Gasteiger partial charge < -0.3 is 9.88 Å². The average Bonchev–Trinajstić information content (AvgIpc) is 3.07. The molecule has 3 heteroatoms. The number of imidazole rings is 1. The summed E-state index contributed by atoms with van der Waals surface area (Å²) < 4.78 is 2.15. The van der Waals surface area contributed by atoms with E-state index >= 15 is 0 Å². The first-order valence-corrected chi connectivity index (χ1v) is 6.89. The molecule has 1 heterocycles. The summed E-state index contributed by atoms with van der Waals surface area (Å²) in [4.78, 5) is 4.66. The Morgan fingerprint density at radius 3 is 2.78 bits per heavy atom. The molecule has 1 aliphatic carbocycles. The van der Waals surface area contributed by atoms with Crippen molar-refractivity contribution in [1.82, 2.24) is 9.55 Å². The van der Waals surface area contributed by atoms with Crippen LogP contribution in [0.3, 0.4) is 0 Å². The van der Waals surface area contributed by atoms with Gasteiger partial charge in [0.1, 0.15) is 0 Å². The van der Waals surface area contributed by atoms with Gasteiger partial charge in [0.2, 0.25) is 5.95 Å². The molecule has 3 nitrogen and oxygen atoms in total. The number of para-hydroxylation sites is 2. The van der Waals surface area contributed by atoms with Gasteiger partial charge in [0, 0.05) is 13.6 Å². The van der Waals surface area contributed by atoms with Crippen LogP contribution in [0.2, 0.25) is 0 Å². The summed E-state index contributed by atoms with van der Waals surface area (Å²) in [7, 11) is 2.08. The van der Waals surface area contributed by atoms with Gasteiger partial charge in [0.15, 0.2) is 0 Å². The maximum absolute atomic E-state index is 4.66. The Kier molecular flexibility index (Phi) is 2.77. The van der Waals surface area contributed by atoms with E-state index in [1.165, 1.54) is 31.2 Å². The molecule has 2 aromatic rings. The largest absolute Gasteiger partial charge is 0.355 e. The molecule has 0 aliphatic heterocycles. The monoisotopic (exact) mass is 243 g/mol. The van der Waals surface area contributed by atoms with Crippen molar-refractivity contribution in [3.63, 3.8) is 0 Å². The van der Waals surface area contributed by atoms with Crippen LogP contribution in [0.5, 0.6) is 0 Å². The van der Waals surface area contributed by atoms with Crippen molar-refractivity contribution in [2.24, 2.45) is 12.5 Å². The third-order valence-corrected chi connectivity index (χ3v) is 4.15. The number of nitrogens with one attached hydrogen (secondary N) is 1. The van der Waals surface area contributed by atoms with E-state index in [0.717, 1.165) is 18.0 Å². The normalized spacial score (nSPS) is 17.0. The lowest BCUT2D eigenvalue weighted by atomic mass is 10.0. The van der Waals surface area contributed by atoms with Gasteiger partial charge in [-0.2, -0.15) is 0 Å². The van der Waals surface area contributed by atoms with Gasteiger partial charge >= 0.3 is 0 Å². The van der Waals surface area contributed by atoms with Crippen LogP contribution in [-0.2, 0) is 7.05 Å². The number of aromatic nitrogens is 2. The van der Waals surface area contributed by atoms with Gasteiger partial charge in [0.25, 0.3) is 0 Å². The molecule has 1 saturated carbocycles. The van der Waals surface area contributed by atoms with E-state index in [0.29, 0.717) is 5.41 Å². The smallest absolute Gasteiger partial charge is 0.203 e. The van der Waals surface area contributed by atoms with Gasteiger partial charge in [-0.05, 0) is 36.8 Å². The van der Waals surface area contributed by atoms with Gasteiger partial charge in [-0.25, -0.2) is 4.98 Å². The lowest BCUT2D eigenvalue weighted by Gasteiger charge is -2.15. The molecule has 3 rings (SSSR count). The molecular weight excluding hydrogens is 222 g/mol. The van der Waals surface area contributed by atoms with E-state index in [1.54, 1.807) is 0 Å². The Balaban J connectivity index is 1.77. The van der Waals surface area contributed by atoms with E-state index in [1.807, 2.05) is 6.07 Å². The zero-order chi connectivity index (χ0) is 12.6. The number of anilines is 1. The van der Waals surface area contributed by atoms with Crippen molar-refractivity contribution < 1.29 is 0 Å². The first-order valence-electron chi connectivity index (χ1n) is 6.89. The van der Waals surface area contributed by atoms with Crippen LogP contribution in [0.1, 0.15) is 32.6 Å². The molecule has 0 amide bonds. The second kappa shape index (κ2) is 4.30. The van der Waals surface area contributed by atoms with Crippen LogP contribution in [-0.4, -0.2) is 16.1 Å². The molecule has 0 atom stereocenters. The molecule has 0 unspecified atom stereocenters. The summed E-state index contributed by atoms with van der Waals surface area (Å²) >= 11 is 0. The number of nitrogens with zero attached hydrogens (tertiary/aromatic N) is 2. The zero-order valence-electron chi connectivity index (χ0n) is 11.2. The van der Waals surface area contributed by atoms with E-state index in [-0.39, 0.29) is 0 Å². The molecule has 96 valence electrons. The van der Waals surface area contributed by atoms with Crippen LogP contribution in [0.4, 0.5) is 5.95 Å². The summed E-state index contributed by atoms with van der Waals surface area (Å²) in [6.07, 6.45) is 5.36. The molecule has 0 radical (unpaired) electrons. The van der Waals surface area contributed by atoms with Crippen LogP contribution in [0, 0.1) is 5.41 Å². The number of fused-ring (bicyclic) bond motifs is 1. The molecule has 1 aromatic carbocycles. The minimum atomic E-state index is 0.562. The molecule has 0 bridgehead atoms. The third kappa shape index (κ3) is 1.98. The third-order valence-electron chi connectivity index (χ3n) is 4.15.